The summed E-state index contributed by atoms with van der Waals surface area (Å²) in [6, 6.07) is 12.8. The number of anilines is 1. The highest BCUT2D eigenvalue weighted by molar-refractivity contribution is 6.30. The summed E-state index contributed by atoms with van der Waals surface area (Å²) < 4.78 is 5.45. The number of hydrogen-bond donors (Lipinski definition) is 2. The number of fused-ring (bicyclic) bond motifs is 1. The van der Waals surface area contributed by atoms with E-state index in [1.165, 1.54) is 19.3 Å². The van der Waals surface area contributed by atoms with Crippen LogP contribution in [0.4, 0.5) is 5.69 Å². The molecule has 3 aromatic rings. The molecule has 5 rings (SSSR count). The summed E-state index contributed by atoms with van der Waals surface area (Å²) in [6.07, 6.45) is 10.9. The van der Waals surface area contributed by atoms with Crippen molar-refractivity contribution in [1.82, 2.24) is 15.4 Å². The van der Waals surface area contributed by atoms with E-state index in [9.17, 15) is 14.4 Å². The van der Waals surface area contributed by atoms with Gasteiger partial charge in [-0.05, 0) is 72.9 Å². The van der Waals surface area contributed by atoms with Crippen LogP contribution in [0.5, 0.6) is 0 Å². The number of benzene rings is 2. The lowest BCUT2D eigenvalue weighted by Gasteiger charge is -2.28. The van der Waals surface area contributed by atoms with Gasteiger partial charge in [-0.25, -0.2) is 0 Å². The van der Waals surface area contributed by atoms with Gasteiger partial charge in [0.05, 0.1) is 0 Å². The average molecular weight is 579 g/mol. The first-order valence-corrected chi connectivity index (χ1v) is 15.3. The van der Waals surface area contributed by atoms with Gasteiger partial charge in [-0.1, -0.05) is 62.3 Å². The third-order valence-electron chi connectivity index (χ3n) is 8.82. The largest absolute Gasteiger partial charge is 0.461 e. The lowest BCUT2D eigenvalue weighted by atomic mass is 9.76. The number of nitrogens with zero attached hydrogens (tertiary/aromatic N) is 2. The SMILES string of the molecule is O=C1CC(CCC2CCCC(CCC(=O)OCc3ccc(Cl)cc3)CC2)CC(C(=O)Nc2ccc3n[nH]nc3c2)C1. The Labute approximate surface area is 245 Å². The summed E-state index contributed by atoms with van der Waals surface area (Å²) >= 11 is 5.91. The van der Waals surface area contributed by atoms with Crippen LogP contribution in [0.15, 0.2) is 42.5 Å². The van der Waals surface area contributed by atoms with Crippen molar-refractivity contribution in [3.8, 4) is 0 Å². The van der Waals surface area contributed by atoms with Crippen LogP contribution < -0.4 is 5.32 Å². The quantitative estimate of drug-likeness (QED) is 0.197. The van der Waals surface area contributed by atoms with E-state index in [1.807, 2.05) is 24.3 Å². The van der Waals surface area contributed by atoms with Crippen molar-refractivity contribution in [2.75, 3.05) is 5.32 Å². The number of ketones is 1. The summed E-state index contributed by atoms with van der Waals surface area (Å²) in [5, 5.41) is 14.3. The molecule has 1 aromatic heterocycles. The van der Waals surface area contributed by atoms with Gasteiger partial charge >= 0.3 is 5.97 Å². The second kappa shape index (κ2) is 14.1. The topological polar surface area (TPSA) is 114 Å². The lowest BCUT2D eigenvalue weighted by molar-refractivity contribution is -0.145. The molecule has 2 saturated carbocycles. The molecule has 2 N–H and O–H groups in total. The van der Waals surface area contributed by atoms with Gasteiger partial charge in [0.15, 0.2) is 0 Å². The van der Waals surface area contributed by atoms with E-state index in [1.54, 1.807) is 18.2 Å². The minimum Gasteiger partial charge on any atom is -0.461 e. The van der Waals surface area contributed by atoms with Crippen molar-refractivity contribution in [3.63, 3.8) is 0 Å². The van der Waals surface area contributed by atoms with E-state index in [0.717, 1.165) is 49.6 Å². The zero-order valence-corrected chi connectivity index (χ0v) is 24.2. The zero-order chi connectivity index (χ0) is 28.6. The van der Waals surface area contributed by atoms with Gasteiger partial charge in [0.2, 0.25) is 5.91 Å². The number of H-pyrrole nitrogens is 1. The maximum atomic E-state index is 13.0. The summed E-state index contributed by atoms with van der Waals surface area (Å²) in [5.41, 5.74) is 3.05. The molecule has 2 fully saturated rings. The fourth-order valence-electron chi connectivity index (χ4n) is 6.47. The van der Waals surface area contributed by atoms with Crippen molar-refractivity contribution >= 4 is 46.0 Å². The number of rotatable bonds is 10. The predicted octanol–water partition coefficient (Wildman–Crippen LogP) is 7.04. The van der Waals surface area contributed by atoms with Gasteiger partial charge in [-0.3, -0.25) is 14.4 Å². The van der Waals surface area contributed by atoms with E-state index in [4.69, 9.17) is 16.3 Å². The molecule has 0 bridgehead atoms. The Morgan fingerprint density at radius 2 is 1.63 bits per heavy atom. The number of ether oxygens (including phenoxy) is 1. The Morgan fingerprint density at radius 3 is 2.44 bits per heavy atom. The Kier molecular flexibility index (Phi) is 10.0. The number of esters is 1. The van der Waals surface area contributed by atoms with Crippen molar-refractivity contribution in [2.45, 2.75) is 83.7 Å². The van der Waals surface area contributed by atoms with Crippen LogP contribution in [0.2, 0.25) is 5.02 Å². The highest BCUT2D eigenvalue weighted by atomic mass is 35.5. The molecular weight excluding hydrogens is 540 g/mol. The maximum Gasteiger partial charge on any atom is 0.306 e. The van der Waals surface area contributed by atoms with E-state index in [-0.39, 0.29) is 36.1 Å². The van der Waals surface area contributed by atoms with Crippen LogP contribution in [-0.2, 0) is 25.7 Å². The van der Waals surface area contributed by atoms with Crippen molar-refractivity contribution < 1.29 is 19.1 Å². The fraction of sp³-hybridized carbons (Fsp3) is 0.531. The Hall–Kier alpha value is -3.26. The molecule has 4 unspecified atom stereocenters. The number of amides is 1. The van der Waals surface area contributed by atoms with Crippen molar-refractivity contribution in [2.24, 2.45) is 23.7 Å². The number of Topliss-reactive ketones (excluding diaryl/α,β-unsaturated/α-hetero) is 1. The molecule has 4 atom stereocenters. The molecule has 9 heteroatoms. The summed E-state index contributed by atoms with van der Waals surface area (Å²) in [5.74, 6) is 1.15. The number of aromatic amines is 1. The molecular formula is C32H39ClN4O4. The number of carbonyl (C=O) groups is 3. The number of carbonyl (C=O) groups excluding carboxylic acids is 3. The third-order valence-corrected chi connectivity index (χ3v) is 9.08. The molecule has 0 saturated heterocycles. The first-order chi connectivity index (χ1) is 19.9. The van der Waals surface area contributed by atoms with Crippen LogP contribution >= 0.6 is 11.6 Å². The first-order valence-electron chi connectivity index (χ1n) is 14.9. The Bertz CT molecular complexity index is 1340. The standard InChI is InChI=1S/C32H39ClN4O4/c33-26-11-8-23(9-12-26)20-41-31(39)15-10-22-3-1-2-21(4-5-22)6-7-24-16-25(18-28(38)17-24)32(40)34-27-13-14-29-30(19-27)36-37-35-29/h8-9,11-14,19,21-22,24-25H,1-7,10,15-18,20H2,(H,34,40)(H,35,36,37). The van der Waals surface area contributed by atoms with Gasteiger partial charge in [0, 0.05) is 35.9 Å². The summed E-state index contributed by atoms with van der Waals surface area (Å²) in [7, 11) is 0. The van der Waals surface area contributed by atoms with Gasteiger partial charge in [-0.2, -0.15) is 15.4 Å². The smallest absolute Gasteiger partial charge is 0.306 e. The van der Waals surface area contributed by atoms with Crippen molar-refractivity contribution in [1.29, 1.82) is 0 Å². The van der Waals surface area contributed by atoms with E-state index >= 15 is 0 Å². The van der Waals surface area contributed by atoms with Crippen LogP contribution in [0.1, 0.15) is 82.6 Å². The molecule has 2 aromatic carbocycles. The third kappa shape index (κ3) is 8.62. The molecule has 2 aliphatic rings. The summed E-state index contributed by atoms with van der Waals surface area (Å²) in [4.78, 5) is 37.8. The fourth-order valence-corrected chi connectivity index (χ4v) is 6.60. The average Bonchev–Trinajstić information content (AvgIpc) is 3.31. The summed E-state index contributed by atoms with van der Waals surface area (Å²) in [6.45, 7) is 0.285. The van der Waals surface area contributed by atoms with Gasteiger partial charge in [0.1, 0.15) is 23.4 Å². The normalized spacial score (nSPS) is 23.2. The molecule has 218 valence electrons. The minimum atomic E-state index is -0.285. The highest BCUT2D eigenvalue weighted by Crippen LogP contribution is 2.36. The highest BCUT2D eigenvalue weighted by Gasteiger charge is 2.32. The zero-order valence-electron chi connectivity index (χ0n) is 23.4. The molecule has 0 spiro atoms. The molecule has 8 nitrogen and oxygen atoms in total. The van der Waals surface area contributed by atoms with E-state index < -0.39 is 0 Å². The second-order valence-electron chi connectivity index (χ2n) is 11.9. The lowest BCUT2D eigenvalue weighted by Crippen LogP contribution is -2.32. The van der Waals surface area contributed by atoms with Crippen LogP contribution in [0.3, 0.4) is 0 Å². The van der Waals surface area contributed by atoms with Gasteiger partial charge in [0.25, 0.3) is 0 Å². The van der Waals surface area contributed by atoms with E-state index in [2.05, 4.69) is 20.7 Å². The number of aromatic nitrogens is 3. The molecule has 41 heavy (non-hydrogen) atoms. The van der Waals surface area contributed by atoms with Crippen LogP contribution in [-0.4, -0.2) is 33.1 Å². The van der Waals surface area contributed by atoms with Crippen molar-refractivity contribution in [3.05, 3.63) is 53.1 Å². The first kappa shape index (κ1) is 29.2. The van der Waals surface area contributed by atoms with E-state index in [0.29, 0.717) is 47.3 Å². The number of nitrogens with one attached hydrogen (secondary N) is 2. The predicted molar refractivity (Wildman–Crippen MR) is 158 cm³/mol. The van der Waals surface area contributed by atoms with Gasteiger partial charge < -0.3 is 10.1 Å². The second-order valence-corrected chi connectivity index (χ2v) is 12.3. The Morgan fingerprint density at radius 1 is 0.902 bits per heavy atom. The maximum absolute atomic E-state index is 13.0. The molecule has 1 heterocycles. The molecule has 2 aliphatic carbocycles. The minimum absolute atomic E-state index is 0.0881. The monoisotopic (exact) mass is 578 g/mol. The molecule has 0 radical (unpaired) electrons. The molecule has 1 amide bonds. The van der Waals surface area contributed by atoms with Crippen LogP contribution in [0, 0.1) is 23.7 Å². The number of hydrogen-bond acceptors (Lipinski definition) is 6. The van der Waals surface area contributed by atoms with Crippen LogP contribution in [0.25, 0.3) is 11.0 Å². The number of halogens is 1. The Balaban J connectivity index is 1.01. The van der Waals surface area contributed by atoms with Gasteiger partial charge in [-0.15, -0.1) is 0 Å². The molecule has 0 aliphatic heterocycles.